The first-order valence-corrected chi connectivity index (χ1v) is 11.0. The van der Waals surface area contributed by atoms with Gasteiger partial charge >= 0.3 is 6.09 Å². The molecule has 6 rings (SSSR count). The molecule has 2 fully saturated rings. The number of rotatable bonds is 2. The van der Waals surface area contributed by atoms with Crippen LogP contribution >= 0.6 is 11.6 Å². The van der Waals surface area contributed by atoms with Crippen molar-refractivity contribution in [3.8, 4) is 5.69 Å². The van der Waals surface area contributed by atoms with E-state index in [1.807, 2.05) is 22.8 Å². The Morgan fingerprint density at radius 3 is 2.61 bits per heavy atom. The van der Waals surface area contributed by atoms with Crippen LogP contribution in [0.2, 0.25) is 5.02 Å². The van der Waals surface area contributed by atoms with Crippen molar-refractivity contribution in [1.82, 2.24) is 24.6 Å². The summed E-state index contributed by atoms with van der Waals surface area (Å²) in [5.74, 6) is 1.89. The molecule has 1 amide bonds. The van der Waals surface area contributed by atoms with Gasteiger partial charge in [-0.05, 0) is 35.9 Å². The van der Waals surface area contributed by atoms with Gasteiger partial charge in [-0.2, -0.15) is 0 Å². The predicted molar refractivity (Wildman–Crippen MR) is 119 cm³/mol. The molecule has 3 aliphatic rings. The number of pyridine rings is 1. The fourth-order valence-electron chi connectivity index (χ4n) is 5.04. The second-order valence-electron chi connectivity index (χ2n) is 8.90. The van der Waals surface area contributed by atoms with E-state index < -0.39 is 6.09 Å². The average molecular weight is 470 g/mol. The van der Waals surface area contributed by atoms with E-state index >= 15 is 0 Å². The average Bonchev–Trinajstić information content (AvgIpc) is 3.07. The number of methoxy groups -OCH3 is 1. The number of halogens is 2. The van der Waals surface area contributed by atoms with E-state index in [1.54, 1.807) is 11.0 Å². The van der Waals surface area contributed by atoms with Crippen molar-refractivity contribution < 1.29 is 13.9 Å². The summed E-state index contributed by atoms with van der Waals surface area (Å²) in [6.07, 6.45) is 0.825. The first-order valence-electron chi connectivity index (χ1n) is 10.6. The molecule has 2 aromatic heterocycles. The third-order valence-electron chi connectivity index (χ3n) is 6.55. The number of hydrogen-bond acceptors (Lipinski definition) is 7. The molecule has 0 unspecified atom stereocenters. The fourth-order valence-corrected chi connectivity index (χ4v) is 5.23. The summed E-state index contributed by atoms with van der Waals surface area (Å²) in [6.45, 7) is 4.07. The minimum Gasteiger partial charge on any atom is -0.453 e. The molecule has 33 heavy (non-hydrogen) atoms. The smallest absolute Gasteiger partial charge is 0.410 e. The SMILES string of the molecule is COC(=O)N1Cc2cc(Cl)ccc2-n2c(nnc2N2CC3(CN(c4ccc(F)cn4)C3)C2)C1. The molecule has 0 atom stereocenters. The van der Waals surface area contributed by atoms with Crippen LogP contribution < -0.4 is 9.80 Å². The molecule has 2 saturated heterocycles. The molecule has 0 bridgehead atoms. The Labute approximate surface area is 194 Å². The molecule has 0 radical (unpaired) electrons. The van der Waals surface area contributed by atoms with Gasteiger partial charge in [0, 0.05) is 36.6 Å². The lowest BCUT2D eigenvalue weighted by Crippen LogP contribution is -2.73. The van der Waals surface area contributed by atoms with Gasteiger partial charge in [0.05, 0.1) is 32.1 Å². The van der Waals surface area contributed by atoms with E-state index in [0.29, 0.717) is 17.4 Å². The van der Waals surface area contributed by atoms with Crippen LogP contribution in [0.1, 0.15) is 11.4 Å². The van der Waals surface area contributed by atoms with Gasteiger partial charge < -0.3 is 14.5 Å². The molecule has 3 aromatic rings. The number of amides is 1. The standard InChI is InChI=1S/C22H21ClFN7O2/c1-33-21(32)28-8-14-6-15(23)2-4-17(14)31-19(9-28)26-27-20(31)30-12-22(13-30)10-29(11-22)18-5-3-16(24)7-25-18/h2-7H,8-13H2,1H3. The van der Waals surface area contributed by atoms with Crippen molar-refractivity contribution in [1.29, 1.82) is 0 Å². The monoisotopic (exact) mass is 469 g/mol. The lowest BCUT2D eigenvalue weighted by molar-refractivity contribution is 0.117. The highest BCUT2D eigenvalue weighted by Gasteiger charge is 2.53. The van der Waals surface area contributed by atoms with E-state index in [2.05, 4.69) is 25.0 Å². The van der Waals surface area contributed by atoms with Crippen molar-refractivity contribution in [2.24, 2.45) is 5.41 Å². The second kappa shape index (κ2) is 7.31. The van der Waals surface area contributed by atoms with E-state index in [-0.39, 0.29) is 17.8 Å². The number of benzene rings is 1. The van der Waals surface area contributed by atoms with Crippen molar-refractivity contribution in [2.75, 3.05) is 43.1 Å². The van der Waals surface area contributed by atoms with Crippen LogP contribution in [0.15, 0.2) is 36.5 Å². The minimum atomic E-state index is -0.425. The third kappa shape index (κ3) is 3.28. The number of hydrogen-bond donors (Lipinski definition) is 0. The Hall–Kier alpha value is -3.40. The first-order chi connectivity index (χ1) is 15.9. The van der Waals surface area contributed by atoms with Crippen LogP contribution in [0, 0.1) is 11.2 Å². The van der Waals surface area contributed by atoms with E-state index in [1.165, 1.54) is 19.4 Å². The molecular weight excluding hydrogens is 449 g/mol. The Bertz CT molecular complexity index is 1230. The maximum atomic E-state index is 13.2. The van der Waals surface area contributed by atoms with Gasteiger partial charge in [-0.15, -0.1) is 10.2 Å². The van der Waals surface area contributed by atoms with Crippen LogP contribution in [0.4, 0.5) is 21.0 Å². The van der Waals surface area contributed by atoms with Crippen molar-refractivity contribution in [2.45, 2.75) is 13.1 Å². The summed E-state index contributed by atoms with van der Waals surface area (Å²) >= 11 is 6.25. The minimum absolute atomic E-state index is 0.161. The second-order valence-corrected chi connectivity index (χ2v) is 9.33. The first kappa shape index (κ1) is 20.2. The van der Waals surface area contributed by atoms with Crippen LogP contribution in [0.25, 0.3) is 5.69 Å². The molecule has 1 aromatic carbocycles. The lowest BCUT2D eigenvalue weighted by Gasteiger charge is -2.60. The molecule has 170 valence electrons. The predicted octanol–water partition coefficient (Wildman–Crippen LogP) is 2.86. The van der Waals surface area contributed by atoms with Crippen LogP contribution in [0.3, 0.4) is 0 Å². The highest BCUT2D eigenvalue weighted by Crippen LogP contribution is 2.44. The van der Waals surface area contributed by atoms with E-state index in [9.17, 15) is 9.18 Å². The molecule has 11 heteroatoms. The van der Waals surface area contributed by atoms with Crippen molar-refractivity contribution in [3.63, 3.8) is 0 Å². The molecule has 9 nitrogen and oxygen atoms in total. The molecule has 1 spiro atoms. The number of fused-ring (bicyclic) bond motifs is 3. The summed E-state index contributed by atoms with van der Waals surface area (Å²) in [6, 6.07) is 8.79. The highest BCUT2D eigenvalue weighted by molar-refractivity contribution is 6.30. The van der Waals surface area contributed by atoms with Gasteiger partial charge in [0.25, 0.3) is 0 Å². The third-order valence-corrected chi connectivity index (χ3v) is 6.78. The number of carbonyl (C=O) groups is 1. The topological polar surface area (TPSA) is 79.6 Å². The maximum Gasteiger partial charge on any atom is 0.410 e. The van der Waals surface area contributed by atoms with Gasteiger partial charge in [-0.1, -0.05) is 11.6 Å². The zero-order valence-corrected chi connectivity index (χ0v) is 18.7. The van der Waals surface area contributed by atoms with E-state index in [4.69, 9.17) is 16.3 Å². The van der Waals surface area contributed by atoms with Crippen molar-refractivity contribution in [3.05, 3.63) is 58.8 Å². The van der Waals surface area contributed by atoms with Gasteiger partial charge in [-0.3, -0.25) is 9.47 Å². The van der Waals surface area contributed by atoms with Crippen LogP contribution in [-0.2, 0) is 17.8 Å². The zero-order chi connectivity index (χ0) is 22.7. The molecule has 3 aliphatic heterocycles. The molecule has 0 aliphatic carbocycles. The maximum absolute atomic E-state index is 13.2. The number of anilines is 2. The molecular formula is C22H21ClFN7O2. The number of nitrogens with zero attached hydrogens (tertiary/aromatic N) is 7. The summed E-state index contributed by atoms with van der Waals surface area (Å²) in [4.78, 5) is 22.4. The van der Waals surface area contributed by atoms with Crippen LogP contribution in [-0.4, -0.2) is 64.0 Å². The van der Waals surface area contributed by atoms with Gasteiger partial charge in [0.1, 0.15) is 11.6 Å². The van der Waals surface area contributed by atoms with Crippen LogP contribution in [0.5, 0.6) is 0 Å². The Morgan fingerprint density at radius 1 is 1.09 bits per heavy atom. The quantitative estimate of drug-likeness (QED) is 0.571. The normalized spacial score (nSPS) is 18.2. The summed E-state index contributed by atoms with van der Waals surface area (Å²) < 4.78 is 20.1. The highest BCUT2D eigenvalue weighted by atomic mass is 35.5. The number of aromatic nitrogens is 4. The van der Waals surface area contributed by atoms with Gasteiger partial charge in [0.15, 0.2) is 5.82 Å². The lowest BCUT2D eigenvalue weighted by atomic mass is 9.73. The number of carbonyl (C=O) groups excluding carboxylic acids is 1. The van der Waals surface area contributed by atoms with Gasteiger partial charge in [-0.25, -0.2) is 14.2 Å². The molecule has 0 saturated carbocycles. The summed E-state index contributed by atoms with van der Waals surface area (Å²) in [5.41, 5.74) is 1.97. The molecule has 5 heterocycles. The Morgan fingerprint density at radius 2 is 1.88 bits per heavy atom. The molecule has 0 N–H and O–H groups in total. The summed E-state index contributed by atoms with van der Waals surface area (Å²) in [5, 5.41) is 9.48. The Balaban J connectivity index is 1.25. The van der Waals surface area contributed by atoms with E-state index in [0.717, 1.165) is 49.2 Å². The Kier molecular flexibility index (Phi) is 4.48. The fraction of sp³-hybridized carbons (Fsp3) is 0.364. The number of ether oxygens (including phenoxy) is 1. The zero-order valence-electron chi connectivity index (χ0n) is 17.9. The summed E-state index contributed by atoms with van der Waals surface area (Å²) in [7, 11) is 1.37. The van der Waals surface area contributed by atoms with Crippen molar-refractivity contribution >= 4 is 29.5 Å². The van der Waals surface area contributed by atoms with Gasteiger partial charge in [0.2, 0.25) is 5.95 Å². The largest absolute Gasteiger partial charge is 0.453 e.